The summed E-state index contributed by atoms with van der Waals surface area (Å²) >= 11 is 12.0. The molecule has 0 saturated carbocycles. The number of anilines is 1. The summed E-state index contributed by atoms with van der Waals surface area (Å²) in [5.74, 6) is 1.58. The zero-order valence-electron chi connectivity index (χ0n) is 19.1. The standard InChI is InChI=1S/C25H32Cl2N4O2/c1-33-22-7-4-19(5-8-22)16-30-10-2-3-20(18-30)17-29-11-13-31(14-12-29)25(32)28-21-6-9-23(26)24(27)15-21/h4-9,15,20H,2-3,10-14,16-18H2,1H3,(H,28,32)/t20-/m0/s1. The largest absolute Gasteiger partial charge is 0.497 e. The second-order valence-corrected chi connectivity index (χ2v) is 9.75. The van der Waals surface area contributed by atoms with Gasteiger partial charge < -0.3 is 15.0 Å². The van der Waals surface area contributed by atoms with Crippen LogP contribution in [0.1, 0.15) is 18.4 Å². The zero-order valence-corrected chi connectivity index (χ0v) is 20.6. The molecule has 2 fully saturated rings. The number of methoxy groups -OCH3 is 1. The maximum atomic E-state index is 12.6. The highest BCUT2D eigenvalue weighted by molar-refractivity contribution is 6.42. The molecule has 2 aromatic carbocycles. The molecule has 8 heteroatoms. The minimum atomic E-state index is -0.0867. The fourth-order valence-electron chi connectivity index (χ4n) is 4.71. The number of ether oxygens (including phenoxy) is 1. The summed E-state index contributed by atoms with van der Waals surface area (Å²) in [4.78, 5) is 19.6. The minimum absolute atomic E-state index is 0.0867. The van der Waals surface area contributed by atoms with Gasteiger partial charge in [-0.15, -0.1) is 0 Å². The predicted molar refractivity (Wildman–Crippen MR) is 134 cm³/mol. The lowest BCUT2D eigenvalue weighted by Crippen LogP contribution is -2.52. The van der Waals surface area contributed by atoms with Crippen molar-refractivity contribution < 1.29 is 9.53 Å². The third kappa shape index (κ3) is 6.76. The van der Waals surface area contributed by atoms with Crippen LogP contribution in [0.3, 0.4) is 0 Å². The van der Waals surface area contributed by atoms with E-state index in [1.54, 1.807) is 25.3 Å². The highest BCUT2D eigenvalue weighted by atomic mass is 35.5. The first-order chi connectivity index (χ1) is 16.0. The molecule has 6 nitrogen and oxygen atoms in total. The summed E-state index contributed by atoms with van der Waals surface area (Å²) in [6.07, 6.45) is 2.52. The number of likely N-dealkylation sites (tertiary alicyclic amines) is 1. The van der Waals surface area contributed by atoms with Crippen molar-refractivity contribution in [3.05, 3.63) is 58.1 Å². The van der Waals surface area contributed by atoms with E-state index in [4.69, 9.17) is 27.9 Å². The average molecular weight is 491 g/mol. The molecule has 33 heavy (non-hydrogen) atoms. The van der Waals surface area contributed by atoms with Gasteiger partial charge in [0.15, 0.2) is 0 Å². The summed E-state index contributed by atoms with van der Waals surface area (Å²) in [6.45, 7) is 7.65. The number of rotatable bonds is 6. The molecule has 0 bridgehead atoms. The van der Waals surface area contributed by atoms with Crippen LogP contribution >= 0.6 is 23.2 Å². The summed E-state index contributed by atoms with van der Waals surface area (Å²) in [5.41, 5.74) is 1.99. The fourth-order valence-corrected chi connectivity index (χ4v) is 5.01. The smallest absolute Gasteiger partial charge is 0.321 e. The van der Waals surface area contributed by atoms with Gasteiger partial charge in [0.2, 0.25) is 0 Å². The normalized spacial score (nSPS) is 20.0. The molecule has 1 N–H and O–H groups in total. The Balaban J connectivity index is 1.21. The molecule has 0 radical (unpaired) electrons. The van der Waals surface area contributed by atoms with Crippen LogP contribution in [-0.4, -0.2) is 73.7 Å². The van der Waals surface area contributed by atoms with E-state index in [0.29, 0.717) is 21.7 Å². The Morgan fingerprint density at radius 2 is 1.76 bits per heavy atom. The first-order valence-electron chi connectivity index (χ1n) is 11.6. The summed E-state index contributed by atoms with van der Waals surface area (Å²) in [7, 11) is 1.70. The molecule has 2 aromatic rings. The number of nitrogens with one attached hydrogen (secondary N) is 1. The van der Waals surface area contributed by atoms with Gasteiger partial charge in [-0.2, -0.15) is 0 Å². The molecular weight excluding hydrogens is 459 g/mol. The maximum Gasteiger partial charge on any atom is 0.321 e. The van der Waals surface area contributed by atoms with Crippen molar-refractivity contribution in [1.82, 2.24) is 14.7 Å². The van der Waals surface area contributed by atoms with Crippen LogP contribution < -0.4 is 10.1 Å². The van der Waals surface area contributed by atoms with Gasteiger partial charge in [-0.05, 0) is 61.2 Å². The van der Waals surface area contributed by atoms with Gasteiger partial charge in [-0.3, -0.25) is 9.80 Å². The molecule has 2 aliphatic rings. The van der Waals surface area contributed by atoms with Gasteiger partial charge in [0.05, 0.1) is 17.2 Å². The van der Waals surface area contributed by atoms with Gasteiger partial charge in [0.25, 0.3) is 0 Å². The quantitative estimate of drug-likeness (QED) is 0.614. The monoisotopic (exact) mass is 490 g/mol. The Kier molecular flexibility index (Phi) is 8.36. The van der Waals surface area contributed by atoms with Crippen molar-refractivity contribution >= 4 is 34.9 Å². The number of urea groups is 1. The third-order valence-corrected chi connectivity index (χ3v) is 7.25. The van der Waals surface area contributed by atoms with Gasteiger partial charge in [-0.1, -0.05) is 35.3 Å². The Bertz CT molecular complexity index is 933. The average Bonchev–Trinajstić information content (AvgIpc) is 2.83. The molecule has 0 unspecified atom stereocenters. The van der Waals surface area contributed by atoms with Gasteiger partial charge in [-0.25, -0.2) is 4.79 Å². The summed E-state index contributed by atoms with van der Waals surface area (Å²) in [5, 5.41) is 3.84. The number of carbonyl (C=O) groups is 1. The molecule has 0 aliphatic carbocycles. The van der Waals surface area contributed by atoms with E-state index < -0.39 is 0 Å². The highest BCUT2D eigenvalue weighted by Crippen LogP contribution is 2.25. The number of amides is 2. The van der Waals surface area contributed by atoms with Crippen LogP contribution in [0, 0.1) is 5.92 Å². The van der Waals surface area contributed by atoms with Crippen molar-refractivity contribution in [3.63, 3.8) is 0 Å². The Labute approximate surface area is 206 Å². The van der Waals surface area contributed by atoms with Gasteiger partial charge in [0, 0.05) is 51.5 Å². The van der Waals surface area contributed by atoms with Crippen LogP contribution in [0.4, 0.5) is 10.5 Å². The van der Waals surface area contributed by atoms with Crippen molar-refractivity contribution in [1.29, 1.82) is 0 Å². The number of hydrogen-bond donors (Lipinski definition) is 1. The topological polar surface area (TPSA) is 48.1 Å². The highest BCUT2D eigenvalue weighted by Gasteiger charge is 2.26. The van der Waals surface area contributed by atoms with Crippen LogP contribution in [0.5, 0.6) is 5.75 Å². The SMILES string of the molecule is COc1ccc(CN2CCC[C@@H](CN3CCN(C(=O)Nc4ccc(Cl)c(Cl)c4)CC3)C2)cc1. The van der Waals surface area contributed by atoms with E-state index >= 15 is 0 Å². The number of piperidine rings is 1. The van der Waals surface area contributed by atoms with Crippen molar-refractivity contribution in [3.8, 4) is 5.75 Å². The first-order valence-corrected chi connectivity index (χ1v) is 12.3. The van der Waals surface area contributed by atoms with Crippen molar-refractivity contribution in [2.24, 2.45) is 5.92 Å². The lowest BCUT2D eigenvalue weighted by molar-refractivity contribution is 0.0984. The van der Waals surface area contributed by atoms with E-state index in [1.165, 1.54) is 18.4 Å². The Morgan fingerprint density at radius 1 is 1.00 bits per heavy atom. The lowest BCUT2D eigenvalue weighted by atomic mass is 9.96. The van der Waals surface area contributed by atoms with Crippen LogP contribution in [0.15, 0.2) is 42.5 Å². The first kappa shape index (κ1) is 24.1. The van der Waals surface area contributed by atoms with E-state index in [9.17, 15) is 4.79 Å². The Hall–Kier alpha value is -1.99. The van der Waals surface area contributed by atoms with Crippen molar-refractivity contribution in [2.75, 3.05) is 58.2 Å². The molecule has 2 aliphatic heterocycles. The summed E-state index contributed by atoms with van der Waals surface area (Å²) < 4.78 is 5.26. The number of hydrogen-bond acceptors (Lipinski definition) is 4. The molecule has 2 heterocycles. The second-order valence-electron chi connectivity index (χ2n) is 8.94. The molecule has 1 atom stereocenters. The van der Waals surface area contributed by atoms with Crippen LogP contribution in [0.25, 0.3) is 0 Å². The number of piperazine rings is 1. The maximum absolute atomic E-state index is 12.6. The Morgan fingerprint density at radius 3 is 2.45 bits per heavy atom. The van der Waals surface area contributed by atoms with E-state index in [0.717, 1.165) is 58.1 Å². The van der Waals surface area contributed by atoms with Crippen LogP contribution in [0.2, 0.25) is 10.0 Å². The molecule has 0 aromatic heterocycles. The molecule has 178 valence electrons. The van der Waals surface area contributed by atoms with E-state index in [2.05, 4.69) is 27.2 Å². The minimum Gasteiger partial charge on any atom is -0.497 e. The molecular formula is C25H32Cl2N4O2. The number of halogens is 2. The number of benzene rings is 2. The number of carbonyl (C=O) groups excluding carboxylic acids is 1. The van der Waals surface area contributed by atoms with E-state index in [1.807, 2.05) is 17.0 Å². The summed E-state index contributed by atoms with van der Waals surface area (Å²) in [6, 6.07) is 13.4. The molecule has 4 rings (SSSR count). The van der Waals surface area contributed by atoms with Gasteiger partial charge in [0.1, 0.15) is 5.75 Å². The van der Waals surface area contributed by atoms with E-state index in [-0.39, 0.29) is 6.03 Å². The predicted octanol–water partition coefficient (Wildman–Crippen LogP) is 5.06. The molecule has 2 saturated heterocycles. The zero-order chi connectivity index (χ0) is 23.2. The fraction of sp³-hybridized carbons (Fsp3) is 0.480. The van der Waals surface area contributed by atoms with Gasteiger partial charge >= 0.3 is 6.03 Å². The third-order valence-electron chi connectivity index (χ3n) is 6.52. The lowest BCUT2D eigenvalue weighted by Gasteiger charge is -2.39. The van der Waals surface area contributed by atoms with Crippen LogP contribution in [-0.2, 0) is 6.54 Å². The molecule has 2 amide bonds. The number of nitrogens with zero attached hydrogens (tertiary/aromatic N) is 3. The van der Waals surface area contributed by atoms with Crippen molar-refractivity contribution in [2.45, 2.75) is 19.4 Å². The second kappa shape index (κ2) is 11.4. The molecule has 0 spiro atoms.